The molecule has 4 aromatic rings. The van der Waals surface area contributed by atoms with Gasteiger partial charge in [-0.1, -0.05) is 96.5 Å². The molecule has 4 nitrogen and oxygen atoms in total. The maximum Gasteiger partial charge on any atom is 0.115 e. The highest BCUT2D eigenvalue weighted by atomic mass is 16.3. The second-order valence-electron chi connectivity index (χ2n) is 10.1. The maximum absolute atomic E-state index is 9.30. The van der Waals surface area contributed by atoms with Gasteiger partial charge in [-0.2, -0.15) is 0 Å². The summed E-state index contributed by atoms with van der Waals surface area (Å²) in [7, 11) is 0. The topological polar surface area (TPSA) is 80.9 Å². The van der Waals surface area contributed by atoms with Crippen LogP contribution in [0.4, 0.5) is 0 Å². The summed E-state index contributed by atoms with van der Waals surface area (Å²) >= 11 is 0. The van der Waals surface area contributed by atoms with Crippen molar-refractivity contribution in [2.75, 3.05) is 0 Å². The van der Waals surface area contributed by atoms with Gasteiger partial charge >= 0.3 is 0 Å². The molecule has 196 valence electrons. The zero-order valence-electron chi connectivity index (χ0n) is 22.7. The average Bonchev–Trinajstić information content (AvgIpc) is 2.86. The Balaban J connectivity index is 0.000000235. The molecule has 0 aliphatic carbocycles. The van der Waals surface area contributed by atoms with Crippen molar-refractivity contribution in [3.05, 3.63) is 119 Å². The van der Waals surface area contributed by atoms with Crippen molar-refractivity contribution in [1.29, 1.82) is 0 Å². The highest BCUT2D eigenvalue weighted by Gasteiger charge is 2.23. The van der Waals surface area contributed by atoms with Crippen molar-refractivity contribution in [3.8, 4) is 23.0 Å². The van der Waals surface area contributed by atoms with E-state index in [4.69, 9.17) is 0 Å². The van der Waals surface area contributed by atoms with E-state index in [1.54, 1.807) is 48.5 Å². The molecule has 0 atom stereocenters. The molecule has 0 unspecified atom stereocenters. The number of rotatable bonds is 4. The third-order valence-corrected chi connectivity index (χ3v) is 6.36. The fourth-order valence-electron chi connectivity index (χ4n) is 3.85. The molecule has 0 bridgehead atoms. The van der Waals surface area contributed by atoms with Crippen LogP contribution in [0.5, 0.6) is 23.0 Å². The first-order valence-electron chi connectivity index (χ1n) is 12.6. The number of benzene rings is 4. The van der Waals surface area contributed by atoms with Crippen LogP contribution in [0.3, 0.4) is 0 Å². The molecule has 0 heterocycles. The largest absolute Gasteiger partial charge is 0.508 e. The monoisotopic (exact) mass is 500 g/mol. The summed E-state index contributed by atoms with van der Waals surface area (Å²) in [4.78, 5) is 0. The summed E-state index contributed by atoms with van der Waals surface area (Å²) in [5.74, 6) is 1.09. The minimum atomic E-state index is -0.151. The zero-order valence-corrected chi connectivity index (χ0v) is 22.7. The second-order valence-corrected chi connectivity index (χ2v) is 10.1. The van der Waals surface area contributed by atoms with Gasteiger partial charge in [0.25, 0.3) is 0 Å². The molecular weight excluding hydrogens is 460 g/mol. The van der Waals surface area contributed by atoms with Gasteiger partial charge in [0.2, 0.25) is 0 Å². The lowest BCUT2D eigenvalue weighted by Gasteiger charge is -2.26. The Morgan fingerprint density at radius 3 is 0.649 bits per heavy atom. The molecule has 0 fully saturated rings. The van der Waals surface area contributed by atoms with Crippen LogP contribution in [0, 0.1) is 0 Å². The van der Waals surface area contributed by atoms with Gasteiger partial charge in [0.15, 0.2) is 0 Å². The number of phenols is 4. The fourth-order valence-corrected chi connectivity index (χ4v) is 3.85. The van der Waals surface area contributed by atoms with E-state index in [2.05, 4.69) is 41.5 Å². The number of hydrogen-bond acceptors (Lipinski definition) is 4. The summed E-state index contributed by atoms with van der Waals surface area (Å²) < 4.78 is 0. The Bertz CT molecular complexity index is 1010. The molecule has 0 aliphatic rings. The van der Waals surface area contributed by atoms with Gasteiger partial charge in [-0.3, -0.25) is 0 Å². The summed E-state index contributed by atoms with van der Waals surface area (Å²) in [5.41, 5.74) is 4.20. The van der Waals surface area contributed by atoms with E-state index in [0.717, 1.165) is 22.3 Å². The summed E-state index contributed by atoms with van der Waals surface area (Å²) in [5, 5.41) is 37.2. The van der Waals surface area contributed by atoms with Gasteiger partial charge in [0, 0.05) is 10.8 Å². The molecule has 4 heteroatoms. The standard InChI is InChI=1S/2C15H16O2.C3H8/c2*1-15(2,11-3-7-13(16)8-4-11)12-5-9-14(17)10-6-12;1-3-2/h2*3-10,16-17H,1-2H3;3H2,1-2H3. The minimum absolute atomic E-state index is 0.151. The number of aromatic hydroxyl groups is 4. The molecule has 0 aliphatic heterocycles. The van der Waals surface area contributed by atoms with Crippen LogP contribution in [0.15, 0.2) is 97.1 Å². The van der Waals surface area contributed by atoms with Crippen molar-refractivity contribution in [1.82, 2.24) is 0 Å². The van der Waals surface area contributed by atoms with Crippen molar-refractivity contribution in [2.45, 2.75) is 58.8 Å². The van der Waals surface area contributed by atoms with Crippen LogP contribution in [-0.4, -0.2) is 20.4 Å². The lowest BCUT2D eigenvalue weighted by Crippen LogP contribution is -2.18. The van der Waals surface area contributed by atoms with E-state index in [9.17, 15) is 20.4 Å². The SMILES string of the molecule is CC(C)(c1ccc(O)cc1)c1ccc(O)cc1.CC(C)(c1ccc(O)cc1)c1ccc(O)cc1.CCC. The van der Waals surface area contributed by atoms with Gasteiger partial charge in [-0.15, -0.1) is 0 Å². The molecule has 0 saturated carbocycles. The van der Waals surface area contributed by atoms with Gasteiger partial charge < -0.3 is 20.4 Å². The molecule has 0 spiro atoms. The van der Waals surface area contributed by atoms with E-state index < -0.39 is 0 Å². The van der Waals surface area contributed by atoms with E-state index in [0.29, 0.717) is 0 Å². The van der Waals surface area contributed by atoms with Gasteiger partial charge in [-0.25, -0.2) is 0 Å². The third-order valence-electron chi connectivity index (χ3n) is 6.36. The predicted octanol–water partition coefficient (Wildman–Crippen LogP) is 8.26. The van der Waals surface area contributed by atoms with Gasteiger partial charge in [-0.05, 0) is 70.8 Å². The highest BCUT2D eigenvalue weighted by molar-refractivity contribution is 5.42. The highest BCUT2D eigenvalue weighted by Crippen LogP contribution is 2.34. The molecule has 4 rings (SSSR count). The van der Waals surface area contributed by atoms with E-state index in [1.807, 2.05) is 48.5 Å². The third kappa shape index (κ3) is 8.04. The van der Waals surface area contributed by atoms with E-state index >= 15 is 0 Å². The normalized spacial score (nSPS) is 11.0. The molecule has 4 N–H and O–H groups in total. The first-order chi connectivity index (χ1) is 17.4. The predicted molar refractivity (Wildman–Crippen MR) is 153 cm³/mol. The Morgan fingerprint density at radius 2 is 0.514 bits per heavy atom. The van der Waals surface area contributed by atoms with Crippen LogP contribution < -0.4 is 0 Å². The number of phenolic OH excluding ortho intramolecular Hbond substituents is 4. The van der Waals surface area contributed by atoms with E-state index in [-0.39, 0.29) is 33.8 Å². The lowest BCUT2D eigenvalue weighted by atomic mass is 9.78. The Hall–Kier alpha value is -3.92. The Labute approximate surface area is 221 Å². The smallest absolute Gasteiger partial charge is 0.115 e. The molecule has 0 radical (unpaired) electrons. The van der Waals surface area contributed by atoms with Crippen molar-refractivity contribution in [3.63, 3.8) is 0 Å². The van der Waals surface area contributed by atoms with E-state index in [1.165, 1.54) is 6.42 Å². The Morgan fingerprint density at radius 1 is 0.378 bits per heavy atom. The molecule has 0 aromatic heterocycles. The quantitative estimate of drug-likeness (QED) is 0.227. The van der Waals surface area contributed by atoms with Crippen LogP contribution in [0.2, 0.25) is 0 Å². The maximum atomic E-state index is 9.30. The first kappa shape index (κ1) is 29.3. The summed E-state index contributed by atoms with van der Waals surface area (Å²) in [6.45, 7) is 12.7. The van der Waals surface area contributed by atoms with Gasteiger partial charge in [0.1, 0.15) is 23.0 Å². The number of hydrogen-bond donors (Lipinski definition) is 4. The average molecular weight is 501 g/mol. The Kier molecular flexibility index (Phi) is 10.2. The fraction of sp³-hybridized carbons (Fsp3) is 0.273. The van der Waals surface area contributed by atoms with Crippen LogP contribution in [0.1, 0.15) is 70.2 Å². The molecule has 37 heavy (non-hydrogen) atoms. The van der Waals surface area contributed by atoms with Crippen LogP contribution >= 0.6 is 0 Å². The van der Waals surface area contributed by atoms with Crippen molar-refractivity contribution < 1.29 is 20.4 Å². The molecule has 0 amide bonds. The second kappa shape index (κ2) is 12.9. The van der Waals surface area contributed by atoms with Crippen molar-refractivity contribution >= 4 is 0 Å². The van der Waals surface area contributed by atoms with Crippen molar-refractivity contribution in [2.24, 2.45) is 0 Å². The minimum Gasteiger partial charge on any atom is -0.508 e. The molecule has 0 saturated heterocycles. The summed E-state index contributed by atoms with van der Waals surface area (Å²) in [6, 6.07) is 28.9. The first-order valence-corrected chi connectivity index (χ1v) is 12.6. The molecule has 4 aromatic carbocycles. The van der Waals surface area contributed by atoms with Crippen LogP contribution in [0.25, 0.3) is 0 Å². The van der Waals surface area contributed by atoms with Gasteiger partial charge in [0.05, 0.1) is 0 Å². The lowest BCUT2D eigenvalue weighted by molar-refractivity contribution is 0.473. The summed E-state index contributed by atoms with van der Waals surface area (Å²) in [6.07, 6.45) is 1.25. The van der Waals surface area contributed by atoms with Crippen LogP contribution in [-0.2, 0) is 10.8 Å². The molecular formula is C33H40O4. The zero-order chi connectivity index (χ0) is 27.6.